The molecule has 6 heteroatoms. The average Bonchev–Trinajstić information content (AvgIpc) is 2.91. The highest BCUT2D eigenvalue weighted by Gasteiger charge is 2.19. The van der Waals surface area contributed by atoms with E-state index in [0.717, 1.165) is 37.6 Å². The second kappa shape index (κ2) is 5.63. The third-order valence-electron chi connectivity index (χ3n) is 3.29. The molecule has 0 atom stereocenters. The van der Waals surface area contributed by atoms with Gasteiger partial charge in [0.05, 0.1) is 10.2 Å². The quantitative estimate of drug-likeness (QED) is 0.522. The predicted octanol–water partition coefficient (Wildman–Crippen LogP) is 5.82. The summed E-state index contributed by atoms with van der Waals surface area (Å²) in [5, 5.41) is 0.678. The number of halogens is 3. The Hall–Kier alpha value is -1.04. The molecule has 2 aromatic carbocycles. The first-order chi connectivity index (χ1) is 10.0. The molecule has 1 heterocycles. The van der Waals surface area contributed by atoms with Crippen molar-refractivity contribution in [1.29, 1.82) is 0 Å². The SMILES string of the molecule is CCc1c(Br)c(N)c(Br)c2nc(-c3ccc(Cl)cc3)oc12. The third-order valence-corrected chi connectivity index (χ3v) is 5.25. The van der Waals surface area contributed by atoms with E-state index in [4.69, 9.17) is 21.8 Å². The minimum absolute atomic E-state index is 0.551. The molecule has 3 rings (SSSR count). The van der Waals surface area contributed by atoms with Crippen LogP contribution in [-0.2, 0) is 6.42 Å². The lowest BCUT2D eigenvalue weighted by molar-refractivity contribution is 0.615. The van der Waals surface area contributed by atoms with Gasteiger partial charge in [0.25, 0.3) is 0 Å². The third kappa shape index (κ3) is 2.47. The Kier molecular flexibility index (Phi) is 3.99. The number of hydrogen-bond acceptors (Lipinski definition) is 3. The number of benzene rings is 2. The van der Waals surface area contributed by atoms with Gasteiger partial charge in [-0.25, -0.2) is 4.98 Å². The number of nitrogens with zero attached hydrogens (tertiary/aromatic N) is 1. The molecule has 2 N–H and O–H groups in total. The Labute approximate surface area is 143 Å². The summed E-state index contributed by atoms with van der Waals surface area (Å²) >= 11 is 12.9. The number of anilines is 1. The largest absolute Gasteiger partial charge is 0.436 e. The summed E-state index contributed by atoms with van der Waals surface area (Å²) in [6, 6.07) is 7.38. The molecular formula is C15H11Br2ClN2O. The predicted molar refractivity (Wildman–Crippen MR) is 93.6 cm³/mol. The number of hydrogen-bond donors (Lipinski definition) is 1. The van der Waals surface area contributed by atoms with Crippen molar-refractivity contribution in [3.05, 3.63) is 43.8 Å². The van der Waals surface area contributed by atoms with Crippen molar-refractivity contribution >= 4 is 60.2 Å². The van der Waals surface area contributed by atoms with Crippen molar-refractivity contribution in [2.24, 2.45) is 0 Å². The summed E-state index contributed by atoms with van der Waals surface area (Å²) in [6.07, 6.45) is 0.795. The number of aryl methyl sites for hydroxylation is 1. The minimum Gasteiger partial charge on any atom is -0.436 e. The van der Waals surface area contributed by atoms with Gasteiger partial charge in [-0.3, -0.25) is 0 Å². The van der Waals surface area contributed by atoms with E-state index in [-0.39, 0.29) is 0 Å². The first-order valence-corrected chi connectivity index (χ1v) is 8.31. The van der Waals surface area contributed by atoms with E-state index in [9.17, 15) is 0 Å². The maximum absolute atomic E-state index is 6.10. The summed E-state index contributed by atoms with van der Waals surface area (Å²) in [4.78, 5) is 4.57. The highest BCUT2D eigenvalue weighted by molar-refractivity contribution is 9.11. The number of nitrogens with two attached hydrogens (primary N) is 1. The molecule has 21 heavy (non-hydrogen) atoms. The van der Waals surface area contributed by atoms with Crippen molar-refractivity contribution in [2.45, 2.75) is 13.3 Å². The number of fused-ring (bicyclic) bond motifs is 1. The van der Waals surface area contributed by atoms with Gasteiger partial charge in [-0.15, -0.1) is 0 Å². The van der Waals surface area contributed by atoms with Crippen molar-refractivity contribution in [1.82, 2.24) is 4.98 Å². The van der Waals surface area contributed by atoms with Gasteiger partial charge in [-0.2, -0.15) is 0 Å². The van der Waals surface area contributed by atoms with Crippen molar-refractivity contribution in [2.75, 3.05) is 5.73 Å². The summed E-state index contributed by atoms with van der Waals surface area (Å²) in [5.74, 6) is 0.551. The zero-order valence-corrected chi connectivity index (χ0v) is 15.0. The zero-order valence-electron chi connectivity index (χ0n) is 11.1. The first-order valence-electron chi connectivity index (χ1n) is 6.34. The van der Waals surface area contributed by atoms with Gasteiger partial charge in [-0.1, -0.05) is 18.5 Å². The van der Waals surface area contributed by atoms with Crippen LogP contribution in [0.5, 0.6) is 0 Å². The Balaban J connectivity index is 2.29. The van der Waals surface area contributed by atoms with Crippen molar-refractivity contribution < 1.29 is 4.42 Å². The fourth-order valence-corrected chi connectivity index (χ4v) is 3.71. The summed E-state index contributed by atoms with van der Waals surface area (Å²) in [7, 11) is 0. The van der Waals surface area contributed by atoms with E-state index in [1.807, 2.05) is 24.3 Å². The van der Waals surface area contributed by atoms with Crippen LogP contribution in [0.2, 0.25) is 5.02 Å². The van der Waals surface area contributed by atoms with Gasteiger partial charge in [0.2, 0.25) is 5.89 Å². The van der Waals surface area contributed by atoms with Crippen LogP contribution in [0.15, 0.2) is 37.6 Å². The van der Waals surface area contributed by atoms with Crippen LogP contribution >= 0.6 is 43.5 Å². The molecule has 0 saturated heterocycles. The molecule has 0 bridgehead atoms. The lowest BCUT2D eigenvalue weighted by atomic mass is 10.1. The number of rotatable bonds is 2. The van der Waals surface area contributed by atoms with Crippen LogP contribution in [0.1, 0.15) is 12.5 Å². The maximum Gasteiger partial charge on any atom is 0.227 e. The van der Waals surface area contributed by atoms with Crippen LogP contribution in [0.4, 0.5) is 5.69 Å². The molecule has 0 fully saturated rings. The first kappa shape index (κ1) is 14.9. The Morgan fingerprint density at radius 2 is 1.86 bits per heavy atom. The van der Waals surface area contributed by atoms with Gasteiger partial charge in [0.15, 0.2) is 5.58 Å². The summed E-state index contributed by atoms with van der Waals surface area (Å²) < 4.78 is 7.55. The van der Waals surface area contributed by atoms with E-state index in [2.05, 4.69) is 43.8 Å². The van der Waals surface area contributed by atoms with E-state index in [0.29, 0.717) is 16.6 Å². The van der Waals surface area contributed by atoms with Crippen molar-refractivity contribution in [3.8, 4) is 11.5 Å². The van der Waals surface area contributed by atoms with E-state index < -0.39 is 0 Å². The topological polar surface area (TPSA) is 52.0 Å². The van der Waals surface area contributed by atoms with Crippen LogP contribution < -0.4 is 5.73 Å². The van der Waals surface area contributed by atoms with Gasteiger partial charge in [0, 0.05) is 20.6 Å². The molecule has 0 saturated carbocycles. The van der Waals surface area contributed by atoms with Crippen LogP contribution in [0, 0.1) is 0 Å². The zero-order chi connectivity index (χ0) is 15.1. The highest BCUT2D eigenvalue weighted by atomic mass is 79.9. The molecule has 3 nitrogen and oxygen atoms in total. The molecule has 0 spiro atoms. The fraction of sp³-hybridized carbons (Fsp3) is 0.133. The second-order valence-electron chi connectivity index (χ2n) is 4.58. The fourth-order valence-electron chi connectivity index (χ4n) is 2.19. The van der Waals surface area contributed by atoms with Crippen LogP contribution in [-0.4, -0.2) is 4.98 Å². The number of oxazole rings is 1. The Morgan fingerprint density at radius 3 is 2.48 bits per heavy atom. The number of aromatic nitrogens is 1. The van der Waals surface area contributed by atoms with Gasteiger partial charge in [0.1, 0.15) is 5.52 Å². The standard InChI is InChI=1S/C15H11Br2ClN2O/c1-2-9-10(16)12(19)11(17)13-14(9)21-15(20-13)7-3-5-8(18)6-4-7/h3-6H,2,19H2,1H3. The van der Waals surface area contributed by atoms with Crippen LogP contribution in [0.3, 0.4) is 0 Å². The summed E-state index contributed by atoms with van der Waals surface area (Å²) in [5.41, 5.74) is 10.1. The molecular weight excluding hydrogens is 419 g/mol. The Morgan fingerprint density at radius 1 is 1.19 bits per heavy atom. The van der Waals surface area contributed by atoms with Gasteiger partial charge >= 0.3 is 0 Å². The van der Waals surface area contributed by atoms with Gasteiger partial charge < -0.3 is 10.2 Å². The average molecular weight is 431 g/mol. The molecule has 0 amide bonds. The smallest absolute Gasteiger partial charge is 0.227 e. The molecule has 3 aromatic rings. The second-order valence-corrected chi connectivity index (χ2v) is 6.60. The maximum atomic E-state index is 6.10. The van der Waals surface area contributed by atoms with E-state index >= 15 is 0 Å². The normalized spacial score (nSPS) is 11.2. The molecule has 0 aliphatic heterocycles. The Bertz CT molecular complexity index is 828. The molecule has 108 valence electrons. The molecule has 0 aliphatic carbocycles. The molecule has 0 radical (unpaired) electrons. The van der Waals surface area contributed by atoms with Crippen molar-refractivity contribution in [3.63, 3.8) is 0 Å². The lowest BCUT2D eigenvalue weighted by Crippen LogP contribution is -1.94. The summed E-state index contributed by atoms with van der Waals surface area (Å²) in [6.45, 7) is 2.05. The molecule has 0 unspecified atom stereocenters. The highest BCUT2D eigenvalue weighted by Crippen LogP contribution is 2.41. The lowest BCUT2D eigenvalue weighted by Gasteiger charge is -2.07. The van der Waals surface area contributed by atoms with E-state index in [1.54, 1.807) is 0 Å². The monoisotopic (exact) mass is 428 g/mol. The van der Waals surface area contributed by atoms with Gasteiger partial charge in [-0.05, 0) is 62.5 Å². The minimum atomic E-state index is 0.551. The molecule has 0 aliphatic rings. The van der Waals surface area contributed by atoms with E-state index in [1.165, 1.54) is 0 Å². The van der Waals surface area contributed by atoms with Crippen LogP contribution in [0.25, 0.3) is 22.6 Å². The molecule has 1 aromatic heterocycles. The number of nitrogen functional groups attached to an aromatic ring is 1.